The Bertz CT molecular complexity index is 520. The second-order valence-corrected chi connectivity index (χ2v) is 8.39. The Kier molecular flexibility index (Phi) is 8.41. The lowest BCUT2D eigenvalue weighted by Gasteiger charge is -2.37. The molecule has 2 heterocycles. The maximum absolute atomic E-state index is 11.4. The van der Waals surface area contributed by atoms with E-state index in [1.54, 1.807) is 6.92 Å². The number of hydrogen-bond donors (Lipinski definition) is 2. The van der Waals surface area contributed by atoms with Crippen LogP contribution in [0.1, 0.15) is 33.1 Å². The van der Waals surface area contributed by atoms with Crippen molar-refractivity contribution < 1.29 is 17.9 Å². The Balaban J connectivity index is 1.83. The van der Waals surface area contributed by atoms with E-state index in [9.17, 15) is 8.42 Å². The first-order valence-corrected chi connectivity index (χ1v) is 10.9. The van der Waals surface area contributed by atoms with Crippen LogP contribution >= 0.6 is 0 Å². The SMILES string of the molecule is CCNC(=NCCCNS(=O)(=O)CC)N1CCOC(C2CCCO2)C1. The van der Waals surface area contributed by atoms with Gasteiger partial charge in [0.25, 0.3) is 0 Å². The Labute approximate surface area is 151 Å². The summed E-state index contributed by atoms with van der Waals surface area (Å²) in [5, 5.41) is 3.32. The minimum absolute atomic E-state index is 0.0940. The molecule has 9 heteroatoms. The summed E-state index contributed by atoms with van der Waals surface area (Å²) in [5.74, 6) is 0.976. The van der Waals surface area contributed by atoms with E-state index in [4.69, 9.17) is 9.47 Å². The lowest BCUT2D eigenvalue weighted by molar-refractivity contribution is -0.0817. The summed E-state index contributed by atoms with van der Waals surface area (Å²) >= 11 is 0. The molecule has 0 radical (unpaired) electrons. The van der Waals surface area contributed by atoms with Gasteiger partial charge in [-0.1, -0.05) is 0 Å². The molecule has 0 aromatic carbocycles. The van der Waals surface area contributed by atoms with Crippen LogP contribution < -0.4 is 10.0 Å². The van der Waals surface area contributed by atoms with Crippen molar-refractivity contribution in [3.05, 3.63) is 0 Å². The van der Waals surface area contributed by atoms with Gasteiger partial charge in [-0.3, -0.25) is 4.99 Å². The predicted octanol–water partition coefficient (Wildman–Crippen LogP) is 0.161. The third kappa shape index (κ3) is 6.73. The van der Waals surface area contributed by atoms with Crippen LogP contribution in [0.25, 0.3) is 0 Å². The summed E-state index contributed by atoms with van der Waals surface area (Å²) in [6.45, 7) is 8.55. The van der Waals surface area contributed by atoms with Gasteiger partial charge in [0.15, 0.2) is 5.96 Å². The highest BCUT2D eigenvalue weighted by atomic mass is 32.2. The number of aliphatic imine (C=N–C) groups is 1. The zero-order chi connectivity index (χ0) is 18.1. The lowest BCUT2D eigenvalue weighted by Crippen LogP contribution is -2.53. The Morgan fingerprint density at radius 2 is 2.04 bits per heavy atom. The van der Waals surface area contributed by atoms with Crippen molar-refractivity contribution in [2.24, 2.45) is 4.99 Å². The van der Waals surface area contributed by atoms with Crippen LogP contribution in [0.15, 0.2) is 4.99 Å². The summed E-state index contributed by atoms with van der Waals surface area (Å²) in [7, 11) is -3.12. The van der Waals surface area contributed by atoms with Crippen molar-refractivity contribution in [1.29, 1.82) is 0 Å². The summed E-state index contributed by atoms with van der Waals surface area (Å²) in [6, 6.07) is 0. The third-order valence-corrected chi connectivity index (χ3v) is 5.81. The van der Waals surface area contributed by atoms with Crippen molar-refractivity contribution in [2.45, 2.75) is 45.3 Å². The fourth-order valence-electron chi connectivity index (χ4n) is 3.01. The van der Waals surface area contributed by atoms with Gasteiger partial charge < -0.3 is 19.7 Å². The number of morpholine rings is 1. The van der Waals surface area contributed by atoms with E-state index in [0.29, 0.717) is 26.1 Å². The highest BCUT2D eigenvalue weighted by molar-refractivity contribution is 7.89. The zero-order valence-electron chi connectivity index (χ0n) is 15.4. The molecule has 2 unspecified atom stereocenters. The highest BCUT2D eigenvalue weighted by Crippen LogP contribution is 2.21. The molecule has 2 aliphatic rings. The minimum Gasteiger partial charge on any atom is -0.375 e. The highest BCUT2D eigenvalue weighted by Gasteiger charge is 2.32. The van der Waals surface area contributed by atoms with Gasteiger partial charge in [-0.2, -0.15) is 0 Å². The van der Waals surface area contributed by atoms with Crippen LogP contribution in [0.2, 0.25) is 0 Å². The number of sulfonamides is 1. The standard InChI is InChI=1S/C16H32N4O4S/c1-3-17-16(18-8-6-9-19-25(21,22)4-2)20-10-12-24-15(13-20)14-7-5-11-23-14/h14-15,19H,3-13H2,1-2H3,(H,17,18). The predicted molar refractivity (Wildman–Crippen MR) is 98.3 cm³/mol. The van der Waals surface area contributed by atoms with E-state index >= 15 is 0 Å². The number of guanidine groups is 1. The van der Waals surface area contributed by atoms with Crippen LogP contribution in [0.5, 0.6) is 0 Å². The molecule has 0 amide bonds. The molecule has 0 saturated carbocycles. The fraction of sp³-hybridized carbons (Fsp3) is 0.938. The van der Waals surface area contributed by atoms with Gasteiger partial charge in [0.05, 0.1) is 18.5 Å². The van der Waals surface area contributed by atoms with Gasteiger partial charge in [0, 0.05) is 39.3 Å². The van der Waals surface area contributed by atoms with Crippen LogP contribution in [-0.4, -0.2) is 83.2 Å². The molecule has 2 rings (SSSR count). The van der Waals surface area contributed by atoms with Crippen molar-refractivity contribution in [3.8, 4) is 0 Å². The van der Waals surface area contributed by atoms with E-state index < -0.39 is 10.0 Å². The first kappa shape index (κ1) is 20.4. The van der Waals surface area contributed by atoms with Gasteiger partial charge in [-0.05, 0) is 33.1 Å². The molecule has 2 aliphatic heterocycles. The van der Waals surface area contributed by atoms with Crippen molar-refractivity contribution in [3.63, 3.8) is 0 Å². The normalized spacial score (nSPS) is 25.4. The molecule has 0 spiro atoms. The smallest absolute Gasteiger partial charge is 0.211 e. The van der Waals surface area contributed by atoms with Gasteiger partial charge in [-0.25, -0.2) is 13.1 Å². The van der Waals surface area contributed by atoms with Crippen molar-refractivity contribution in [2.75, 3.05) is 51.7 Å². The van der Waals surface area contributed by atoms with Crippen LogP contribution in [0.4, 0.5) is 0 Å². The minimum atomic E-state index is -3.12. The molecule has 0 bridgehead atoms. The fourth-order valence-corrected chi connectivity index (χ4v) is 3.67. The van der Waals surface area contributed by atoms with Crippen LogP contribution in [0.3, 0.4) is 0 Å². The van der Waals surface area contributed by atoms with E-state index in [1.807, 2.05) is 6.92 Å². The van der Waals surface area contributed by atoms with Gasteiger partial charge in [-0.15, -0.1) is 0 Å². The van der Waals surface area contributed by atoms with Crippen LogP contribution in [-0.2, 0) is 19.5 Å². The van der Waals surface area contributed by atoms with Crippen molar-refractivity contribution in [1.82, 2.24) is 14.9 Å². The zero-order valence-corrected chi connectivity index (χ0v) is 16.2. The molecule has 0 aromatic rings. The number of nitrogens with zero attached hydrogens (tertiary/aromatic N) is 2. The first-order valence-electron chi connectivity index (χ1n) is 9.29. The maximum atomic E-state index is 11.4. The summed E-state index contributed by atoms with van der Waals surface area (Å²) in [4.78, 5) is 6.86. The summed E-state index contributed by atoms with van der Waals surface area (Å²) in [5.41, 5.74) is 0. The molecule has 2 fully saturated rings. The average Bonchev–Trinajstić information content (AvgIpc) is 3.15. The molecule has 2 N–H and O–H groups in total. The average molecular weight is 377 g/mol. The largest absolute Gasteiger partial charge is 0.375 e. The van der Waals surface area contributed by atoms with Gasteiger partial charge in [0.2, 0.25) is 10.0 Å². The van der Waals surface area contributed by atoms with Crippen LogP contribution in [0, 0.1) is 0 Å². The third-order valence-electron chi connectivity index (χ3n) is 4.41. The van der Waals surface area contributed by atoms with E-state index in [-0.39, 0.29) is 18.0 Å². The molecule has 8 nitrogen and oxygen atoms in total. The molecular weight excluding hydrogens is 344 g/mol. The monoisotopic (exact) mass is 376 g/mol. The Hall–Kier alpha value is -0.900. The van der Waals surface area contributed by atoms with Gasteiger partial charge in [0.1, 0.15) is 6.10 Å². The summed E-state index contributed by atoms with van der Waals surface area (Å²) in [6.07, 6.45) is 3.12. The molecule has 0 aliphatic carbocycles. The van der Waals surface area contributed by atoms with Gasteiger partial charge >= 0.3 is 0 Å². The van der Waals surface area contributed by atoms with E-state index in [0.717, 1.165) is 45.0 Å². The summed E-state index contributed by atoms with van der Waals surface area (Å²) < 4.78 is 37.0. The first-order chi connectivity index (χ1) is 12.1. The van der Waals surface area contributed by atoms with E-state index in [2.05, 4.69) is 19.9 Å². The molecule has 25 heavy (non-hydrogen) atoms. The molecule has 146 valence electrons. The maximum Gasteiger partial charge on any atom is 0.211 e. The number of hydrogen-bond acceptors (Lipinski definition) is 5. The Morgan fingerprint density at radius 3 is 2.72 bits per heavy atom. The quantitative estimate of drug-likeness (QED) is 0.356. The topological polar surface area (TPSA) is 92.3 Å². The van der Waals surface area contributed by atoms with E-state index in [1.165, 1.54) is 0 Å². The molecule has 2 atom stereocenters. The number of rotatable bonds is 8. The lowest BCUT2D eigenvalue weighted by atomic mass is 10.1. The molecule has 0 aromatic heterocycles. The van der Waals surface area contributed by atoms with Crippen molar-refractivity contribution >= 4 is 16.0 Å². The molecule has 2 saturated heterocycles. The number of ether oxygens (including phenoxy) is 2. The number of nitrogens with one attached hydrogen (secondary N) is 2. The Morgan fingerprint density at radius 1 is 1.24 bits per heavy atom. The second-order valence-electron chi connectivity index (χ2n) is 6.29. The molecular formula is C16H32N4O4S. The second kappa shape index (κ2) is 10.3.